The Balaban J connectivity index is 1.75. The number of ether oxygens (including phenoxy) is 1. The van der Waals surface area contributed by atoms with Gasteiger partial charge in [-0.3, -0.25) is 0 Å². The Morgan fingerprint density at radius 3 is 2.57 bits per heavy atom. The van der Waals surface area contributed by atoms with Crippen LogP contribution in [0.3, 0.4) is 0 Å². The standard InChI is InChI=1S/C18H16FN3O5S/c1-22(2)28(24,25)13-8-9-15(19)14(10-13)18(23)26-11-16-20-17(21-27-16)12-6-4-3-5-7-12/h3-10H,11H2,1-2H3. The Morgan fingerprint density at radius 1 is 1.18 bits per heavy atom. The van der Waals surface area contributed by atoms with E-state index in [0.717, 1.165) is 28.1 Å². The lowest BCUT2D eigenvalue weighted by atomic mass is 10.2. The molecule has 0 aliphatic rings. The normalized spacial score (nSPS) is 11.6. The van der Waals surface area contributed by atoms with Crippen LogP contribution in [0, 0.1) is 5.82 Å². The van der Waals surface area contributed by atoms with Crippen LogP contribution in [0.5, 0.6) is 0 Å². The van der Waals surface area contributed by atoms with E-state index in [-0.39, 0.29) is 17.4 Å². The predicted octanol–water partition coefficient (Wildman–Crippen LogP) is 2.48. The number of esters is 1. The SMILES string of the molecule is CN(C)S(=O)(=O)c1ccc(F)c(C(=O)OCc2nc(-c3ccccc3)no2)c1. The molecule has 0 aliphatic heterocycles. The summed E-state index contributed by atoms with van der Waals surface area (Å²) in [6.07, 6.45) is 0. The number of benzene rings is 2. The number of aromatic nitrogens is 2. The minimum atomic E-state index is -3.83. The minimum absolute atomic E-state index is 0.0182. The lowest BCUT2D eigenvalue weighted by Crippen LogP contribution is -2.22. The molecule has 8 nitrogen and oxygen atoms in total. The van der Waals surface area contributed by atoms with Crippen LogP contribution in [-0.4, -0.2) is 42.9 Å². The summed E-state index contributed by atoms with van der Waals surface area (Å²) in [5, 5.41) is 3.78. The van der Waals surface area contributed by atoms with Crippen molar-refractivity contribution in [3.8, 4) is 11.4 Å². The molecule has 0 bridgehead atoms. The number of nitrogens with zero attached hydrogens (tertiary/aromatic N) is 3. The van der Waals surface area contributed by atoms with E-state index in [2.05, 4.69) is 10.1 Å². The molecule has 28 heavy (non-hydrogen) atoms. The van der Waals surface area contributed by atoms with E-state index in [1.807, 2.05) is 18.2 Å². The minimum Gasteiger partial charge on any atom is -0.452 e. The first kappa shape index (κ1) is 19.6. The van der Waals surface area contributed by atoms with Crippen LogP contribution in [0.4, 0.5) is 4.39 Å². The molecule has 0 saturated heterocycles. The Bertz CT molecular complexity index is 1100. The molecular formula is C18H16FN3O5S. The van der Waals surface area contributed by atoms with Crippen molar-refractivity contribution in [1.82, 2.24) is 14.4 Å². The van der Waals surface area contributed by atoms with E-state index in [1.165, 1.54) is 14.1 Å². The van der Waals surface area contributed by atoms with Crippen molar-refractivity contribution in [2.45, 2.75) is 11.5 Å². The van der Waals surface area contributed by atoms with Gasteiger partial charge in [0.2, 0.25) is 15.8 Å². The summed E-state index contributed by atoms with van der Waals surface area (Å²) >= 11 is 0. The highest BCUT2D eigenvalue weighted by atomic mass is 32.2. The highest BCUT2D eigenvalue weighted by Crippen LogP contribution is 2.19. The predicted molar refractivity (Wildman–Crippen MR) is 96.1 cm³/mol. The molecule has 3 rings (SSSR count). The van der Waals surface area contributed by atoms with Gasteiger partial charge in [0.05, 0.1) is 10.5 Å². The molecule has 0 amide bonds. The van der Waals surface area contributed by atoms with Crippen LogP contribution in [0.1, 0.15) is 16.2 Å². The Morgan fingerprint density at radius 2 is 1.89 bits per heavy atom. The number of hydrogen-bond acceptors (Lipinski definition) is 7. The second-order valence-electron chi connectivity index (χ2n) is 5.88. The molecule has 0 radical (unpaired) electrons. The molecule has 146 valence electrons. The summed E-state index contributed by atoms with van der Waals surface area (Å²) in [4.78, 5) is 16.1. The number of rotatable bonds is 6. The van der Waals surface area contributed by atoms with E-state index in [9.17, 15) is 17.6 Å². The maximum Gasteiger partial charge on any atom is 0.341 e. The van der Waals surface area contributed by atoms with Gasteiger partial charge in [0, 0.05) is 19.7 Å². The van der Waals surface area contributed by atoms with Crippen molar-refractivity contribution in [1.29, 1.82) is 0 Å². The van der Waals surface area contributed by atoms with Crippen molar-refractivity contribution in [3.05, 3.63) is 65.8 Å². The second-order valence-corrected chi connectivity index (χ2v) is 8.03. The number of carbonyl (C=O) groups is 1. The molecule has 1 aromatic heterocycles. The average Bonchev–Trinajstić information content (AvgIpc) is 3.16. The summed E-state index contributed by atoms with van der Waals surface area (Å²) in [5.41, 5.74) is 0.210. The van der Waals surface area contributed by atoms with Gasteiger partial charge in [-0.25, -0.2) is 21.9 Å². The Hall–Kier alpha value is -3.11. The fourth-order valence-electron chi connectivity index (χ4n) is 2.26. The quantitative estimate of drug-likeness (QED) is 0.581. The fourth-order valence-corrected chi connectivity index (χ4v) is 3.18. The van der Waals surface area contributed by atoms with Crippen LogP contribution >= 0.6 is 0 Å². The van der Waals surface area contributed by atoms with Gasteiger partial charge in [-0.2, -0.15) is 4.98 Å². The smallest absolute Gasteiger partial charge is 0.341 e. The molecule has 3 aromatic rings. The van der Waals surface area contributed by atoms with E-state index < -0.39 is 27.4 Å². The molecule has 0 N–H and O–H groups in total. The zero-order chi connectivity index (χ0) is 20.3. The van der Waals surface area contributed by atoms with Crippen LogP contribution in [0.2, 0.25) is 0 Å². The van der Waals surface area contributed by atoms with E-state index >= 15 is 0 Å². The van der Waals surface area contributed by atoms with Gasteiger partial charge in [0.25, 0.3) is 5.89 Å². The first-order valence-electron chi connectivity index (χ1n) is 8.06. The number of sulfonamides is 1. The topological polar surface area (TPSA) is 103 Å². The van der Waals surface area contributed by atoms with Gasteiger partial charge in [0.1, 0.15) is 5.82 Å². The van der Waals surface area contributed by atoms with Crippen LogP contribution in [0.25, 0.3) is 11.4 Å². The van der Waals surface area contributed by atoms with Crippen molar-refractivity contribution < 1.29 is 26.9 Å². The zero-order valence-corrected chi connectivity index (χ0v) is 15.8. The monoisotopic (exact) mass is 405 g/mol. The lowest BCUT2D eigenvalue weighted by molar-refractivity contribution is 0.0424. The maximum absolute atomic E-state index is 14.0. The largest absolute Gasteiger partial charge is 0.452 e. The average molecular weight is 405 g/mol. The van der Waals surface area contributed by atoms with Gasteiger partial charge in [0.15, 0.2) is 6.61 Å². The third kappa shape index (κ3) is 4.07. The van der Waals surface area contributed by atoms with E-state index in [1.54, 1.807) is 12.1 Å². The van der Waals surface area contributed by atoms with E-state index in [0.29, 0.717) is 5.82 Å². The Kier molecular flexibility index (Phi) is 5.52. The van der Waals surface area contributed by atoms with E-state index in [4.69, 9.17) is 9.26 Å². The second kappa shape index (κ2) is 7.87. The number of halogens is 1. The fraction of sp³-hybridized carbons (Fsp3) is 0.167. The molecule has 0 spiro atoms. The Labute approximate surface area is 160 Å². The third-order valence-corrected chi connectivity index (χ3v) is 5.57. The van der Waals surface area contributed by atoms with Gasteiger partial charge in [-0.05, 0) is 18.2 Å². The first-order valence-corrected chi connectivity index (χ1v) is 9.50. The van der Waals surface area contributed by atoms with Crippen molar-refractivity contribution in [3.63, 3.8) is 0 Å². The van der Waals surface area contributed by atoms with Crippen molar-refractivity contribution in [2.75, 3.05) is 14.1 Å². The first-order chi connectivity index (χ1) is 13.3. The highest BCUT2D eigenvalue weighted by molar-refractivity contribution is 7.89. The van der Waals surface area contributed by atoms with Gasteiger partial charge in [-0.1, -0.05) is 35.5 Å². The molecule has 2 aromatic carbocycles. The zero-order valence-electron chi connectivity index (χ0n) is 15.0. The van der Waals surface area contributed by atoms with Gasteiger partial charge < -0.3 is 9.26 Å². The summed E-state index contributed by atoms with van der Waals surface area (Å²) in [6, 6.07) is 11.9. The summed E-state index contributed by atoms with van der Waals surface area (Å²) in [6.45, 7) is -0.386. The highest BCUT2D eigenvalue weighted by Gasteiger charge is 2.22. The summed E-state index contributed by atoms with van der Waals surface area (Å²) < 4.78 is 49.3. The van der Waals surface area contributed by atoms with Crippen LogP contribution in [-0.2, 0) is 21.4 Å². The third-order valence-electron chi connectivity index (χ3n) is 3.76. The maximum atomic E-state index is 14.0. The van der Waals surface area contributed by atoms with Crippen LogP contribution < -0.4 is 0 Å². The molecule has 0 fully saturated rings. The number of carbonyl (C=O) groups excluding carboxylic acids is 1. The van der Waals surface area contributed by atoms with Crippen LogP contribution in [0.15, 0.2) is 57.9 Å². The molecule has 0 aliphatic carbocycles. The molecule has 0 saturated carbocycles. The molecule has 0 unspecified atom stereocenters. The molecule has 0 atom stereocenters. The van der Waals surface area contributed by atoms with Gasteiger partial charge in [-0.15, -0.1) is 0 Å². The van der Waals surface area contributed by atoms with Crippen molar-refractivity contribution in [2.24, 2.45) is 0 Å². The summed E-state index contributed by atoms with van der Waals surface area (Å²) in [5.74, 6) is -1.62. The van der Waals surface area contributed by atoms with Gasteiger partial charge >= 0.3 is 5.97 Å². The van der Waals surface area contributed by atoms with Crippen molar-refractivity contribution >= 4 is 16.0 Å². The molecule has 10 heteroatoms. The molecular weight excluding hydrogens is 389 g/mol. The molecule has 1 heterocycles. The lowest BCUT2D eigenvalue weighted by Gasteiger charge is -2.12. The summed E-state index contributed by atoms with van der Waals surface area (Å²) in [7, 11) is -1.17. The number of hydrogen-bond donors (Lipinski definition) is 0.